The van der Waals surface area contributed by atoms with Gasteiger partial charge in [0.15, 0.2) is 0 Å². The van der Waals surface area contributed by atoms with Gasteiger partial charge in [0.1, 0.15) is 18.9 Å². The summed E-state index contributed by atoms with van der Waals surface area (Å²) < 4.78 is 31.2. The van der Waals surface area contributed by atoms with Crippen molar-refractivity contribution in [1.82, 2.24) is 5.43 Å². The summed E-state index contributed by atoms with van der Waals surface area (Å²) in [6.07, 6.45) is 2.49. The molecule has 3 rings (SSSR count). The predicted molar refractivity (Wildman–Crippen MR) is 136 cm³/mol. The Bertz CT molecular complexity index is 1270. The van der Waals surface area contributed by atoms with E-state index >= 15 is 0 Å². The molecule has 178 valence electrons. The highest BCUT2D eigenvalue weighted by molar-refractivity contribution is 7.92. The van der Waals surface area contributed by atoms with Crippen molar-refractivity contribution in [2.45, 2.75) is 20.5 Å². The number of nitrogens with zero attached hydrogens (tertiary/aromatic N) is 2. The Morgan fingerprint density at radius 3 is 2.35 bits per heavy atom. The molecular weight excluding hydrogens is 474 g/mol. The number of nitrogens with one attached hydrogen (secondary N) is 1. The fraction of sp³-hybridized carbons (Fsp3) is 0.200. The van der Waals surface area contributed by atoms with E-state index in [9.17, 15) is 13.2 Å². The third-order valence-electron chi connectivity index (χ3n) is 4.94. The molecule has 0 saturated heterocycles. The van der Waals surface area contributed by atoms with Crippen LogP contribution < -0.4 is 14.5 Å². The van der Waals surface area contributed by atoms with E-state index in [1.54, 1.807) is 31.2 Å². The lowest BCUT2D eigenvalue weighted by atomic mass is 10.2. The van der Waals surface area contributed by atoms with Gasteiger partial charge < -0.3 is 4.74 Å². The quantitative estimate of drug-likeness (QED) is 0.348. The van der Waals surface area contributed by atoms with Gasteiger partial charge in [0.25, 0.3) is 5.91 Å². The number of sulfonamides is 1. The highest BCUT2D eigenvalue weighted by Gasteiger charge is 2.21. The number of rotatable bonds is 9. The number of ether oxygens (including phenoxy) is 1. The molecule has 0 unspecified atom stereocenters. The van der Waals surface area contributed by atoms with E-state index in [0.717, 1.165) is 27.3 Å². The van der Waals surface area contributed by atoms with Crippen LogP contribution in [-0.2, 0) is 21.4 Å². The van der Waals surface area contributed by atoms with Gasteiger partial charge in [-0.15, -0.1) is 0 Å². The second kappa shape index (κ2) is 11.2. The van der Waals surface area contributed by atoms with E-state index in [4.69, 9.17) is 16.3 Å². The van der Waals surface area contributed by atoms with Gasteiger partial charge in [-0.05, 0) is 66.9 Å². The van der Waals surface area contributed by atoms with Gasteiger partial charge in [-0.1, -0.05) is 47.5 Å². The normalized spacial score (nSPS) is 11.4. The van der Waals surface area contributed by atoms with Gasteiger partial charge >= 0.3 is 0 Å². The maximum atomic E-state index is 12.3. The minimum Gasteiger partial charge on any atom is -0.489 e. The molecule has 9 heteroatoms. The number of carbonyl (C=O) groups is 1. The fourth-order valence-corrected chi connectivity index (χ4v) is 4.01. The monoisotopic (exact) mass is 499 g/mol. The van der Waals surface area contributed by atoms with Crippen molar-refractivity contribution in [3.63, 3.8) is 0 Å². The highest BCUT2D eigenvalue weighted by atomic mass is 35.5. The lowest BCUT2D eigenvalue weighted by Gasteiger charge is -2.21. The van der Waals surface area contributed by atoms with Crippen molar-refractivity contribution in [1.29, 1.82) is 0 Å². The average Bonchev–Trinajstić information content (AvgIpc) is 2.79. The van der Waals surface area contributed by atoms with Crippen molar-refractivity contribution in [2.24, 2.45) is 5.10 Å². The molecule has 0 fully saturated rings. The molecular formula is C25H26ClN3O4S. The van der Waals surface area contributed by atoms with Crippen LogP contribution in [0.5, 0.6) is 5.75 Å². The summed E-state index contributed by atoms with van der Waals surface area (Å²) in [5, 5.41) is 4.33. The van der Waals surface area contributed by atoms with E-state index < -0.39 is 22.5 Å². The summed E-state index contributed by atoms with van der Waals surface area (Å²) in [5.74, 6) is 0.124. The fourth-order valence-electron chi connectivity index (χ4n) is 2.98. The predicted octanol–water partition coefficient (Wildman–Crippen LogP) is 4.45. The van der Waals surface area contributed by atoms with Crippen LogP contribution in [0.2, 0.25) is 5.02 Å². The average molecular weight is 500 g/mol. The number of hydrogen-bond donors (Lipinski definition) is 1. The molecule has 0 aliphatic carbocycles. The summed E-state index contributed by atoms with van der Waals surface area (Å²) in [5.41, 5.74) is 6.48. The van der Waals surface area contributed by atoms with Crippen molar-refractivity contribution in [3.8, 4) is 5.75 Å². The minimum atomic E-state index is -3.70. The van der Waals surface area contributed by atoms with Crippen molar-refractivity contribution in [3.05, 3.63) is 94.0 Å². The van der Waals surface area contributed by atoms with Crippen LogP contribution in [0.25, 0.3) is 0 Å². The largest absolute Gasteiger partial charge is 0.489 e. The van der Waals surface area contributed by atoms with Gasteiger partial charge in [0.05, 0.1) is 18.2 Å². The summed E-state index contributed by atoms with van der Waals surface area (Å²) in [6, 6.07) is 20.2. The smallest absolute Gasteiger partial charge is 0.260 e. The summed E-state index contributed by atoms with van der Waals surface area (Å²) in [4.78, 5) is 12.3. The third kappa shape index (κ3) is 7.33. The van der Waals surface area contributed by atoms with E-state index in [1.165, 1.54) is 17.8 Å². The number of aryl methyl sites for hydroxylation is 2. The first-order chi connectivity index (χ1) is 16.1. The SMILES string of the molecule is Cc1ccc(COc2ccc(/C=N\NC(=O)CN(c3ccc(C)c(Cl)c3)S(C)(=O)=O)cc2)cc1. The van der Waals surface area contributed by atoms with Crippen LogP contribution in [-0.4, -0.2) is 33.3 Å². The molecule has 0 radical (unpaired) electrons. The Labute approximate surface area is 205 Å². The van der Waals surface area contributed by atoms with Gasteiger partial charge in [0.2, 0.25) is 10.0 Å². The first kappa shape index (κ1) is 25.3. The van der Waals surface area contributed by atoms with E-state index in [1.807, 2.05) is 43.3 Å². The standard InChI is InChI=1S/C25H26ClN3O4S/c1-18-4-7-21(8-5-18)17-33-23-12-9-20(10-13-23)15-27-28-25(30)16-29(34(3,31)32)22-11-6-19(2)24(26)14-22/h4-15H,16-17H2,1-3H3,(H,28,30)/b27-15-. The molecule has 0 atom stereocenters. The Balaban J connectivity index is 1.55. The van der Waals surface area contributed by atoms with Crippen LogP contribution in [0.3, 0.4) is 0 Å². The minimum absolute atomic E-state index is 0.304. The lowest BCUT2D eigenvalue weighted by molar-refractivity contribution is -0.119. The molecule has 0 aromatic heterocycles. The summed E-state index contributed by atoms with van der Waals surface area (Å²) >= 11 is 6.11. The Kier molecular flexibility index (Phi) is 8.31. The van der Waals surface area contributed by atoms with Crippen molar-refractivity contribution >= 4 is 39.4 Å². The van der Waals surface area contributed by atoms with Gasteiger partial charge in [-0.25, -0.2) is 13.8 Å². The number of anilines is 1. The molecule has 0 spiro atoms. The first-order valence-electron chi connectivity index (χ1n) is 10.5. The number of benzene rings is 3. The molecule has 7 nitrogen and oxygen atoms in total. The maximum Gasteiger partial charge on any atom is 0.260 e. The summed E-state index contributed by atoms with van der Waals surface area (Å²) in [7, 11) is -3.70. The van der Waals surface area contributed by atoms with E-state index in [2.05, 4.69) is 10.5 Å². The maximum absolute atomic E-state index is 12.3. The Morgan fingerprint density at radius 2 is 1.74 bits per heavy atom. The summed E-state index contributed by atoms with van der Waals surface area (Å²) in [6.45, 7) is 3.88. The second-order valence-corrected chi connectivity index (χ2v) is 10.2. The zero-order chi connectivity index (χ0) is 24.7. The number of hydrazone groups is 1. The molecule has 3 aromatic carbocycles. The number of halogens is 1. The molecule has 1 N–H and O–H groups in total. The topological polar surface area (TPSA) is 88.1 Å². The van der Waals surface area contributed by atoms with Gasteiger partial charge in [-0.2, -0.15) is 5.10 Å². The molecule has 0 saturated carbocycles. The van der Waals surface area contributed by atoms with Crippen LogP contribution in [0.1, 0.15) is 22.3 Å². The molecule has 1 amide bonds. The third-order valence-corrected chi connectivity index (χ3v) is 6.49. The molecule has 34 heavy (non-hydrogen) atoms. The van der Waals surface area contributed by atoms with Crippen LogP contribution in [0.4, 0.5) is 5.69 Å². The van der Waals surface area contributed by atoms with Crippen LogP contribution >= 0.6 is 11.6 Å². The number of carbonyl (C=O) groups excluding carboxylic acids is 1. The van der Waals surface area contributed by atoms with Crippen LogP contribution in [0, 0.1) is 13.8 Å². The lowest BCUT2D eigenvalue weighted by Crippen LogP contribution is -2.39. The van der Waals surface area contributed by atoms with E-state index in [0.29, 0.717) is 23.1 Å². The Morgan fingerprint density at radius 1 is 1.06 bits per heavy atom. The molecule has 0 heterocycles. The molecule has 0 aliphatic heterocycles. The van der Waals surface area contributed by atoms with Gasteiger partial charge in [-0.3, -0.25) is 9.10 Å². The van der Waals surface area contributed by atoms with E-state index in [-0.39, 0.29) is 0 Å². The first-order valence-corrected chi connectivity index (χ1v) is 12.7. The van der Waals surface area contributed by atoms with Crippen LogP contribution in [0.15, 0.2) is 71.8 Å². The highest BCUT2D eigenvalue weighted by Crippen LogP contribution is 2.24. The van der Waals surface area contributed by atoms with Crippen molar-refractivity contribution < 1.29 is 17.9 Å². The second-order valence-electron chi connectivity index (χ2n) is 7.84. The molecule has 3 aromatic rings. The van der Waals surface area contributed by atoms with Gasteiger partial charge in [0, 0.05) is 5.02 Å². The number of amides is 1. The zero-order valence-electron chi connectivity index (χ0n) is 19.2. The van der Waals surface area contributed by atoms with Crippen molar-refractivity contribution in [2.75, 3.05) is 17.1 Å². The molecule has 0 aliphatic rings. The molecule has 0 bridgehead atoms. The number of hydrogen-bond acceptors (Lipinski definition) is 5. The Hall–Kier alpha value is -3.36. The zero-order valence-corrected chi connectivity index (χ0v) is 20.7.